The Balaban J connectivity index is 2.18. The summed E-state index contributed by atoms with van der Waals surface area (Å²) in [5.74, 6) is 0.990. The standard InChI is InChI=1S/C9H11BO3/c11-10(12)5-7-6-13-9-4-2-1-3-8(7)9/h1-4,7,11-12H,5-6H2/t7-/m1/s1. The zero-order chi connectivity index (χ0) is 9.26. The van der Waals surface area contributed by atoms with Crippen LogP contribution in [0.25, 0.3) is 0 Å². The van der Waals surface area contributed by atoms with Crippen molar-refractivity contribution in [3.05, 3.63) is 29.8 Å². The lowest BCUT2D eigenvalue weighted by molar-refractivity contribution is 0.326. The second-order valence-electron chi connectivity index (χ2n) is 3.26. The molecule has 1 heterocycles. The van der Waals surface area contributed by atoms with Crippen molar-refractivity contribution in [3.63, 3.8) is 0 Å². The molecule has 1 atom stereocenters. The fourth-order valence-electron chi connectivity index (χ4n) is 1.68. The molecule has 0 spiro atoms. The van der Waals surface area contributed by atoms with Gasteiger partial charge in [0.15, 0.2) is 0 Å². The number of hydrogen-bond acceptors (Lipinski definition) is 3. The Labute approximate surface area is 77.1 Å². The Kier molecular flexibility index (Phi) is 2.25. The second-order valence-corrected chi connectivity index (χ2v) is 3.26. The number of rotatable bonds is 2. The quantitative estimate of drug-likeness (QED) is 0.653. The van der Waals surface area contributed by atoms with Gasteiger partial charge >= 0.3 is 7.12 Å². The normalized spacial score (nSPS) is 19.4. The van der Waals surface area contributed by atoms with Gasteiger partial charge in [-0.2, -0.15) is 0 Å². The molecular weight excluding hydrogens is 167 g/mol. The van der Waals surface area contributed by atoms with E-state index in [4.69, 9.17) is 14.8 Å². The third kappa shape index (κ3) is 1.69. The van der Waals surface area contributed by atoms with Crippen molar-refractivity contribution < 1.29 is 14.8 Å². The first-order chi connectivity index (χ1) is 6.27. The average Bonchev–Trinajstić information content (AvgIpc) is 2.48. The van der Waals surface area contributed by atoms with Gasteiger partial charge in [-0.25, -0.2) is 0 Å². The van der Waals surface area contributed by atoms with Gasteiger partial charge in [-0.15, -0.1) is 0 Å². The Morgan fingerprint density at radius 1 is 1.38 bits per heavy atom. The molecule has 0 saturated carbocycles. The minimum atomic E-state index is -1.25. The average molecular weight is 178 g/mol. The molecule has 1 aliphatic heterocycles. The number of ether oxygens (including phenoxy) is 1. The van der Waals surface area contributed by atoms with Crippen molar-refractivity contribution in [1.29, 1.82) is 0 Å². The predicted molar refractivity (Wildman–Crippen MR) is 49.7 cm³/mol. The van der Waals surface area contributed by atoms with E-state index in [1.54, 1.807) is 0 Å². The van der Waals surface area contributed by atoms with E-state index in [0.717, 1.165) is 11.3 Å². The van der Waals surface area contributed by atoms with Crippen molar-refractivity contribution in [1.82, 2.24) is 0 Å². The lowest BCUT2D eigenvalue weighted by Crippen LogP contribution is -2.16. The first-order valence-corrected chi connectivity index (χ1v) is 4.35. The van der Waals surface area contributed by atoms with Gasteiger partial charge in [0.05, 0.1) is 6.61 Å². The maximum Gasteiger partial charge on any atom is 0.452 e. The van der Waals surface area contributed by atoms with E-state index in [-0.39, 0.29) is 5.92 Å². The summed E-state index contributed by atoms with van der Waals surface area (Å²) in [5, 5.41) is 17.7. The molecular formula is C9H11BO3. The molecule has 1 aliphatic rings. The SMILES string of the molecule is OB(O)C[C@@H]1COc2ccccc21. The fourth-order valence-corrected chi connectivity index (χ4v) is 1.68. The van der Waals surface area contributed by atoms with E-state index in [9.17, 15) is 0 Å². The summed E-state index contributed by atoms with van der Waals surface area (Å²) in [6, 6.07) is 7.72. The number of para-hydroxylation sites is 1. The van der Waals surface area contributed by atoms with Crippen LogP contribution in [0.4, 0.5) is 0 Å². The van der Waals surface area contributed by atoms with Gasteiger partial charge in [-0.05, 0) is 12.4 Å². The molecule has 0 radical (unpaired) electrons. The Morgan fingerprint density at radius 2 is 2.15 bits per heavy atom. The topological polar surface area (TPSA) is 49.7 Å². The van der Waals surface area contributed by atoms with E-state index in [1.165, 1.54) is 0 Å². The molecule has 2 N–H and O–H groups in total. The van der Waals surface area contributed by atoms with Crippen LogP contribution >= 0.6 is 0 Å². The summed E-state index contributed by atoms with van der Waals surface area (Å²) in [6.45, 7) is 0.553. The van der Waals surface area contributed by atoms with Gasteiger partial charge in [0.1, 0.15) is 5.75 Å². The maximum atomic E-state index is 8.84. The van der Waals surface area contributed by atoms with Crippen molar-refractivity contribution in [3.8, 4) is 5.75 Å². The molecule has 68 valence electrons. The Hall–Kier alpha value is -0.995. The number of hydrogen-bond donors (Lipinski definition) is 2. The minimum absolute atomic E-state index is 0.121. The molecule has 4 heteroatoms. The highest BCUT2D eigenvalue weighted by Gasteiger charge is 2.27. The predicted octanol–water partition coefficient (Wildman–Crippen LogP) is 0.635. The first kappa shape index (κ1) is 8.60. The van der Waals surface area contributed by atoms with Crippen LogP contribution in [0.1, 0.15) is 11.5 Å². The largest absolute Gasteiger partial charge is 0.493 e. The zero-order valence-electron chi connectivity index (χ0n) is 7.18. The molecule has 0 amide bonds. The lowest BCUT2D eigenvalue weighted by Gasteiger charge is -2.06. The molecule has 3 nitrogen and oxygen atoms in total. The number of fused-ring (bicyclic) bond motifs is 1. The third-order valence-electron chi connectivity index (χ3n) is 2.29. The third-order valence-corrected chi connectivity index (χ3v) is 2.29. The molecule has 0 aromatic heterocycles. The van der Waals surface area contributed by atoms with Crippen LogP contribution in [0.5, 0.6) is 5.75 Å². The van der Waals surface area contributed by atoms with Gasteiger partial charge in [-0.3, -0.25) is 0 Å². The highest BCUT2D eigenvalue weighted by molar-refractivity contribution is 6.41. The Morgan fingerprint density at radius 3 is 2.92 bits per heavy atom. The van der Waals surface area contributed by atoms with Gasteiger partial charge in [-0.1, -0.05) is 18.2 Å². The summed E-state index contributed by atoms with van der Waals surface area (Å²) in [6.07, 6.45) is 0.344. The van der Waals surface area contributed by atoms with E-state index in [0.29, 0.717) is 12.9 Å². The van der Waals surface area contributed by atoms with Crippen LogP contribution in [-0.4, -0.2) is 23.8 Å². The molecule has 2 rings (SSSR count). The fraction of sp³-hybridized carbons (Fsp3) is 0.333. The van der Waals surface area contributed by atoms with Crippen LogP contribution in [0.15, 0.2) is 24.3 Å². The molecule has 1 aromatic carbocycles. The zero-order valence-corrected chi connectivity index (χ0v) is 7.18. The van der Waals surface area contributed by atoms with Crippen LogP contribution in [-0.2, 0) is 0 Å². The monoisotopic (exact) mass is 178 g/mol. The van der Waals surface area contributed by atoms with Crippen molar-refractivity contribution in [2.24, 2.45) is 0 Å². The van der Waals surface area contributed by atoms with Crippen molar-refractivity contribution >= 4 is 7.12 Å². The van der Waals surface area contributed by atoms with Crippen molar-refractivity contribution in [2.45, 2.75) is 12.2 Å². The van der Waals surface area contributed by atoms with E-state index in [1.807, 2.05) is 24.3 Å². The van der Waals surface area contributed by atoms with Crippen LogP contribution in [0.2, 0.25) is 6.32 Å². The molecule has 0 saturated heterocycles. The van der Waals surface area contributed by atoms with Crippen molar-refractivity contribution in [2.75, 3.05) is 6.61 Å². The van der Waals surface area contributed by atoms with Gasteiger partial charge in [0.2, 0.25) is 0 Å². The molecule has 0 aliphatic carbocycles. The minimum Gasteiger partial charge on any atom is -0.493 e. The first-order valence-electron chi connectivity index (χ1n) is 4.35. The molecule has 0 bridgehead atoms. The van der Waals surface area contributed by atoms with E-state index >= 15 is 0 Å². The summed E-state index contributed by atoms with van der Waals surface area (Å²) in [4.78, 5) is 0. The lowest BCUT2D eigenvalue weighted by atomic mass is 9.76. The molecule has 0 fully saturated rings. The highest BCUT2D eigenvalue weighted by Crippen LogP contribution is 2.35. The van der Waals surface area contributed by atoms with Gasteiger partial charge in [0, 0.05) is 11.5 Å². The van der Waals surface area contributed by atoms with Crippen LogP contribution < -0.4 is 4.74 Å². The molecule has 1 aromatic rings. The summed E-state index contributed by atoms with van der Waals surface area (Å²) >= 11 is 0. The Bertz CT molecular complexity index is 301. The van der Waals surface area contributed by atoms with Gasteiger partial charge in [0.25, 0.3) is 0 Å². The summed E-state index contributed by atoms with van der Waals surface area (Å²) in [7, 11) is -1.25. The van der Waals surface area contributed by atoms with Crippen LogP contribution in [0.3, 0.4) is 0 Å². The van der Waals surface area contributed by atoms with E-state index < -0.39 is 7.12 Å². The van der Waals surface area contributed by atoms with Crippen LogP contribution in [0, 0.1) is 0 Å². The van der Waals surface area contributed by atoms with Gasteiger partial charge < -0.3 is 14.8 Å². The maximum absolute atomic E-state index is 8.84. The summed E-state index contributed by atoms with van der Waals surface area (Å²) in [5.41, 5.74) is 1.08. The summed E-state index contributed by atoms with van der Waals surface area (Å²) < 4.78 is 5.39. The second kappa shape index (κ2) is 3.40. The molecule has 13 heavy (non-hydrogen) atoms. The smallest absolute Gasteiger partial charge is 0.452 e. The number of benzene rings is 1. The molecule has 0 unspecified atom stereocenters. The van der Waals surface area contributed by atoms with E-state index in [2.05, 4.69) is 0 Å². The highest BCUT2D eigenvalue weighted by atomic mass is 16.5.